The molecular weight excluding hydrogens is 250 g/mol. The fourth-order valence-corrected chi connectivity index (χ4v) is 2.13. The SMILES string of the molecule is CCOC(=O)[C@@H]1CC[C@H](O)[C@@H]1NC(=O)OC(C)(C)C. The second-order valence-electron chi connectivity index (χ2n) is 5.68. The number of amides is 1. The molecule has 0 aromatic heterocycles. The van der Waals surface area contributed by atoms with Gasteiger partial charge in [0.05, 0.1) is 24.7 Å². The minimum atomic E-state index is -0.748. The van der Waals surface area contributed by atoms with Crippen LogP contribution < -0.4 is 5.32 Å². The number of rotatable bonds is 3. The van der Waals surface area contributed by atoms with E-state index in [0.29, 0.717) is 12.8 Å². The molecule has 0 spiro atoms. The van der Waals surface area contributed by atoms with E-state index in [-0.39, 0.29) is 12.6 Å². The summed E-state index contributed by atoms with van der Waals surface area (Å²) in [6, 6.07) is -0.645. The van der Waals surface area contributed by atoms with Crippen LogP contribution in [-0.2, 0) is 14.3 Å². The van der Waals surface area contributed by atoms with Gasteiger partial charge in [0.2, 0.25) is 0 Å². The Morgan fingerprint density at radius 2 is 1.95 bits per heavy atom. The first-order valence-corrected chi connectivity index (χ1v) is 6.59. The molecule has 1 fully saturated rings. The highest BCUT2D eigenvalue weighted by Crippen LogP contribution is 2.27. The molecule has 110 valence electrons. The first kappa shape index (κ1) is 15.8. The molecule has 0 unspecified atom stereocenters. The highest BCUT2D eigenvalue weighted by Gasteiger charge is 2.41. The average molecular weight is 273 g/mol. The van der Waals surface area contributed by atoms with Gasteiger partial charge in [-0.2, -0.15) is 0 Å². The first-order valence-electron chi connectivity index (χ1n) is 6.59. The van der Waals surface area contributed by atoms with Crippen LogP contribution in [0.5, 0.6) is 0 Å². The van der Waals surface area contributed by atoms with E-state index in [1.54, 1.807) is 27.7 Å². The molecule has 0 radical (unpaired) electrons. The van der Waals surface area contributed by atoms with E-state index in [2.05, 4.69) is 5.32 Å². The first-order chi connectivity index (χ1) is 8.74. The zero-order valence-corrected chi connectivity index (χ0v) is 11.9. The van der Waals surface area contributed by atoms with Gasteiger partial charge in [0.1, 0.15) is 5.60 Å². The van der Waals surface area contributed by atoms with Crippen molar-refractivity contribution in [1.82, 2.24) is 5.32 Å². The maximum absolute atomic E-state index is 11.7. The molecule has 0 saturated heterocycles. The molecule has 0 aromatic rings. The molecule has 1 rings (SSSR count). The summed E-state index contributed by atoms with van der Waals surface area (Å²) in [6.45, 7) is 7.26. The second-order valence-corrected chi connectivity index (χ2v) is 5.68. The zero-order valence-electron chi connectivity index (χ0n) is 11.9. The third-order valence-corrected chi connectivity index (χ3v) is 2.89. The zero-order chi connectivity index (χ0) is 14.6. The molecule has 2 N–H and O–H groups in total. The summed E-state index contributed by atoms with van der Waals surface area (Å²) in [5.74, 6) is -0.900. The van der Waals surface area contributed by atoms with Crippen LogP contribution in [0.1, 0.15) is 40.5 Å². The van der Waals surface area contributed by atoms with Crippen molar-refractivity contribution >= 4 is 12.1 Å². The standard InChI is InChI=1S/C13H23NO5/c1-5-18-11(16)8-6-7-9(15)10(8)14-12(17)19-13(2,3)4/h8-10,15H,5-7H2,1-4H3,(H,14,17)/t8-,9+,10-/m1/s1. The molecule has 1 saturated carbocycles. The fraction of sp³-hybridized carbons (Fsp3) is 0.846. The molecule has 6 heteroatoms. The van der Waals surface area contributed by atoms with E-state index in [1.165, 1.54) is 0 Å². The minimum absolute atomic E-state index is 0.282. The number of aliphatic hydroxyl groups is 1. The van der Waals surface area contributed by atoms with E-state index in [4.69, 9.17) is 9.47 Å². The number of hydrogen-bond donors (Lipinski definition) is 2. The largest absolute Gasteiger partial charge is 0.466 e. The lowest BCUT2D eigenvalue weighted by molar-refractivity contribution is -0.148. The highest BCUT2D eigenvalue weighted by atomic mass is 16.6. The monoisotopic (exact) mass is 273 g/mol. The summed E-state index contributed by atoms with van der Waals surface area (Å²) in [4.78, 5) is 23.4. The van der Waals surface area contributed by atoms with E-state index < -0.39 is 29.8 Å². The topological polar surface area (TPSA) is 84.9 Å². The van der Waals surface area contributed by atoms with Crippen LogP contribution in [0.25, 0.3) is 0 Å². The van der Waals surface area contributed by atoms with Gasteiger partial charge in [-0.05, 0) is 40.5 Å². The lowest BCUT2D eigenvalue weighted by Gasteiger charge is -2.25. The van der Waals surface area contributed by atoms with Crippen LogP contribution in [0.3, 0.4) is 0 Å². The van der Waals surface area contributed by atoms with Gasteiger partial charge in [0, 0.05) is 0 Å². The van der Waals surface area contributed by atoms with Gasteiger partial charge in [-0.25, -0.2) is 4.79 Å². The number of aliphatic hydroxyl groups excluding tert-OH is 1. The Kier molecular flexibility index (Phi) is 5.17. The number of esters is 1. The Labute approximate surface area is 113 Å². The molecule has 0 aliphatic heterocycles. The van der Waals surface area contributed by atoms with Crippen LogP contribution >= 0.6 is 0 Å². The fourth-order valence-electron chi connectivity index (χ4n) is 2.13. The summed E-state index contributed by atoms with van der Waals surface area (Å²) in [7, 11) is 0. The lowest BCUT2D eigenvalue weighted by Crippen LogP contribution is -2.48. The third kappa shape index (κ3) is 4.70. The predicted molar refractivity (Wildman–Crippen MR) is 68.5 cm³/mol. The molecule has 19 heavy (non-hydrogen) atoms. The van der Waals surface area contributed by atoms with Crippen molar-refractivity contribution in [2.45, 2.75) is 58.3 Å². The van der Waals surface area contributed by atoms with Crippen LogP contribution in [0.2, 0.25) is 0 Å². The molecule has 1 aliphatic carbocycles. The van der Waals surface area contributed by atoms with Gasteiger partial charge in [0.15, 0.2) is 0 Å². The Hall–Kier alpha value is -1.30. The van der Waals surface area contributed by atoms with E-state index in [9.17, 15) is 14.7 Å². The Morgan fingerprint density at radius 3 is 2.47 bits per heavy atom. The molecule has 3 atom stereocenters. The molecule has 0 bridgehead atoms. The number of alkyl carbamates (subject to hydrolysis) is 1. The normalized spacial score (nSPS) is 26.9. The molecule has 6 nitrogen and oxygen atoms in total. The molecule has 0 aromatic carbocycles. The summed E-state index contributed by atoms with van der Waals surface area (Å²) in [6.07, 6.45) is -0.417. The van der Waals surface area contributed by atoms with Crippen molar-refractivity contribution in [3.8, 4) is 0 Å². The van der Waals surface area contributed by atoms with Crippen molar-refractivity contribution in [3.63, 3.8) is 0 Å². The van der Waals surface area contributed by atoms with Gasteiger partial charge < -0.3 is 19.9 Å². The van der Waals surface area contributed by atoms with Crippen molar-refractivity contribution in [3.05, 3.63) is 0 Å². The third-order valence-electron chi connectivity index (χ3n) is 2.89. The summed E-state index contributed by atoms with van der Waals surface area (Å²) >= 11 is 0. The van der Waals surface area contributed by atoms with Gasteiger partial charge in [-0.15, -0.1) is 0 Å². The summed E-state index contributed by atoms with van der Waals surface area (Å²) < 4.78 is 10.1. The quantitative estimate of drug-likeness (QED) is 0.755. The Morgan fingerprint density at radius 1 is 1.32 bits per heavy atom. The van der Waals surface area contributed by atoms with Gasteiger partial charge in [-0.1, -0.05) is 0 Å². The van der Waals surface area contributed by atoms with E-state index in [1.807, 2.05) is 0 Å². The van der Waals surface area contributed by atoms with Crippen molar-refractivity contribution in [1.29, 1.82) is 0 Å². The Bertz CT molecular complexity index is 336. The van der Waals surface area contributed by atoms with E-state index >= 15 is 0 Å². The lowest BCUT2D eigenvalue weighted by atomic mass is 10.0. The summed E-state index contributed by atoms with van der Waals surface area (Å²) in [5.41, 5.74) is -0.618. The Balaban J connectivity index is 2.62. The highest BCUT2D eigenvalue weighted by molar-refractivity contribution is 5.76. The smallest absolute Gasteiger partial charge is 0.407 e. The molecule has 1 amide bonds. The number of hydrogen-bond acceptors (Lipinski definition) is 5. The van der Waals surface area contributed by atoms with Crippen LogP contribution in [0.15, 0.2) is 0 Å². The minimum Gasteiger partial charge on any atom is -0.466 e. The molecule has 1 aliphatic rings. The van der Waals surface area contributed by atoms with Gasteiger partial charge in [0.25, 0.3) is 0 Å². The molecule has 0 heterocycles. The maximum Gasteiger partial charge on any atom is 0.407 e. The summed E-state index contributed by atoms with van der Waals surface area (Å²) in [5, 5.41) is 12.4. The second kappa shape index (κ2) is 6.23. The van der Waals surface area contributed by atoms with Crippen molar-refractivity contribution in [2.24, 2.45) is 5.92 Å². The predicted octanol–water partition coefficient (Wildman–Crippen LogP) is 1.21. The number of nitrogens with one attached hydrogen (secondary N) is 1. The van der Waals surface area contributed by atoms with Crippen molar-refractivity contribution < 1.29 is 24.2 Å². The number of carbonyl (C=O) groups excluding carboxylic acids is 2. The van der Waals surface area contributed by atoms with Crippen molar-refractivity contribution in [2.75, 3.05) is 6.61 Å². The number of carbonyl (C=O) groups is 2. The van der Waals surface area contributed by atoms with Crippen LogP contribution in [0.4, 0.5) is 4.79 Å². The average Bonchev–Trinajstić information content (AvgIpc) is 2.58. The van der Waals surface area contributed by atoms with Crippen LogP contribution in [-0.4, -0.2) is 41.5 Å². The number of ether oxygens (including phenoxy) is 2. The van der Waals surface area contributed by atoms with Gasteiger partial charge >= 0.3 is 12.1 Å². The van der Waals surface area contributed by atoms with E-state index in [0.717, 1.165) is 0 Å². The molecular formula is C13H23NO5. The maximum atomic E-state index is 11.7. The van der Waals surface area contributed by atoms with Gasteiger partial charge in [-0.3, -0.25) is 4.79 Å². The van der Waals surface area contributed by atoms with Crippen LogP contribution in [0, 0.1) is 5.92 Å².